The second kappa shape index (κ2) is 2.41. The molecule has 10 heavy (non-hydrogen) atoms. The summed E-state index contributed by atoms with van der Waals surface area (Å²) in [4.78, 5) is 0. The summed E-state index contributed by atoms with van der Waals surface area (Å²) in [6.07, 6.45) is 0. The molecule has 1 atom stereocenters. The average Bonchev–Trinajstić information content (AvgIpc) is 2.36. The Hall–Kier alpha value is -0.260. The Morgan fingerprint density at radius 1 is 1.20 bits per heavy atom. The highest BCUT2D eigenvalue weighted by molar-refractivity contribution is 9.10. The molecular weight excluding hydrogens is 207 g/mol. The molecule has 0 amide bonds. The van der Waals surface area contributed by atoms with Crippen molar-refractivity contribution in [2.45, 2.75) is 0 Å². The Morgan fingerprint density at radius 3 is 2.90 bits per heavy atom. The van der Waals surface area contributed by atoms with Gasteiger partial charge in [-0.3, -0.25) is 0 Å². The van der Waals surface area contributed by atoms with Crippen molar-refractivity contribution in [3.8, 4) is 10.9 Å². The standard InChI is InChI=1S/C8H6BrP/c9-7-4-5-10-8-3-1-2-6(7)8/h1-5,10H. The fourth-order valence-corrected chi connectivity index (χ4v) is 2.95. The minimum atomic E-state index is 0.852. The molecule has 0 saturated carbocycles. The van der Waals surface area contributed by atoms with E-state index in [1.807, 2.05) is 0 Å². The van der Waals surface area contributed by atoms with Crippen LogP contribution in [0, 0.1) is 0 Å². The first-order valence-corrected chi connectivity index (χ1v) is 4.96. The van der Waals surface area contributed by atoms with Gasteiger partial charge >= 0.3 is 0 Å². The highest BCUT2D eigenvalue weighted by atomic mass is 79.9. The normalized spacial score (nSPS) is 11.3. The van der Waals surface area contributed by atoms with E-state index in [0.29, 0.717) is 0 Å². The van der Waals surface area contributed by atoms with Crippen LogP contribution in [0.1, 0.15) is 0 Å². The lowest BCUT2D eigenvalue weighted by Gasteiger charge is -1.98. The van der Waals surface area contributed by atoms with Crippen molar-refractivity contribution in [2.24, 2.45) is 0 Å². The molecule has 1 aliphatic heterocycles. The van der Waals surface area contributed by atoms with Crippen LogP contribution in [0.25, 0.3) is 10.9 Å². The van der Waals surface area contributed by atoms with Gasteiger partial charge in [-0.15, -0.1) is 8.19 Å². The van der Waals surface area contributed by atoms with Gasteiger partial charge in [-0.25, -0.2) is 0 Å². The number of halogens is 1. The number of hydrogen-bond acceptors (Lipinski definition) is 0. The zero-order valence-electron chi connectivity index (χ0n) is 5.26. The van der Waals surface area contributed by atoms with Gasteiger partial charge in [-0.05, 0) is 22.7 Å². The van der Waals surface area contributed by atoms with Crippen LogP contribution < -0.4 is 0 Å². The van der Waals surface area contributed by atoms with E-state index in [-0.39, 0.29) is 0 Å². The van der Waals surface area contributed by atoms with E-state index >= 15 is 0 Å². The van der Waals surface area contributed by atoms with Gasteiger partial charge in [0.05, 0.1) is 0 Å². The summed E-state index contributed by atoms with van der Waals surface area (Å²) in [6.45, 7) is 0. The maximum absolute atomic E-state index is 3.50. The van der Waals surface area contributed by atoms with E-state index in [2.05, 4.69) is 46.0 Å². The molecule has 1 aliphatic carbocycles. The molecule has 0 radical (unpaired) electrons. The second-order valence-electron chi connectivity index (χ2n) is 2.18. The maximum Gasteiger partial charge on any atom is 0.0260 e. The second-order valence-corrected chi connectivity index (χ2v) is 4.19. The van der Waals surface area contributed by atoms with Crippen LogP contribution in [0.3, 0.4) is 0 Å². The zero-order valence-corrected chi connectivity index (χ0v) is 7.85. The summed E-state index contributed by atoms with van der Waals surface area (Å²) in [5.41, 5.74) is 1.36. The van der Waals surface area contributed by atoms with Crippen molar-refractivity contribution in [3.05, 3.63) is 34.5 Å². The lowest BCUT2D eigenvalue weighted by atomic mass is 10.3. The summed E-state index contributed by atoms with van der Waals surface area (Å²) in [6, 6.07) is 8.56. The molecule has 0 saturated heterocycles. The minimum absolute atomic E-state index is 0.852. The Kier molecular flexibility index (Phi) is 1.55. The Bertz CT molecular complexity index is 313. The largest absolute Gasteiger partial charge is 0.132 e. The molecule has 0 nitrogen and oxygen atoms in total. The number of fused-ring (bicyclic) bond motifs is 1. The van der Waals surface area contributed by atoms with Crippen molar-refractivity contribution >= 4 is 24.1 Å². The topological polar surface area (TPSA) is 0 Å². The first-order chi connectivity index (χ1) is 4.88. The summed E-state index contributed by atoms with van der Waals surface area (Å²) in [7, 11) is 0.852. The smallest absolute Gasteiger partial charge is 0.0260 e. The van der Waals surface area contributed by atoms with E-state index in [9.17, 15) is 0 Å². The third kappa shape index (κ3) is 0.902. The number of hydrogen-bond donors (Lipinski definition) is 0. The first kappa shape index (κ1) is 6.45. The SMILES string of the molecule is Brc1cc[pH]c2cccc1-2. The van der Waals surface area contributed by atoms with Crippen molar-refractivity contribution in [1.29, 1.82) is 0 Å². The molecule has 1 heterocycles. The quantitative estimate of drug-likeness (QED) is 0.627. The third-order valence-corrected chi connectivity index (χ3v) is 3.31. The molecular formula is C8H6BrP. The van der Waals surface area contributed by atoms with E-state index in [1.165, 1.54) is 15.3 Å². The van der Waals surface area contributed by atoms with E-state index in [0.717, 1.165) is 8.19 Å². The van der Waals surface area contributed by atoms with Crippen molar-refractivity contribution in [2.75, 3.05) is 0 Å². The minimum Gasteiger partial charge on any atom is -0.132 e. The zero-order chi connectivity index (χ0) is 6.97. The summed E-state index contributed by atoms with van der Waals surface area (Å²) >= 11 is 3.50. The molecule has 2 rings (SSSR count). The molecule has 0 fully saturated rings. The molecule has 0 N–H and O–H groups in total. The van der Waals surface area contributed by atoms with E-state index in [4.69, 9.17) is 0 Å². The van der Waals surface area contributed by atoms with Crippen LogP contribution >= 0.6 is 24.1 Å². The predicted octanol–water partition coefficient (Wildman–Crippen LogP) is 3.59. The van der Waals surface area contributed by atoms with Crippen LogP contribution in [0.4, 0.5) is 0 Å². The first-order valence-electron chi connectivity index (χ1n) is 3.09. The fourth-order valence-electron chi connectivity index (χ4n) is 1.05. The van der Waals surface area contributed by atoms with Gasteiger partial charge in [0.15, 0.2) is 0 Å². The molecule has 0 spiro atoms. The molecule has 2 aliphatic rings. The molecule has 0 aromatic rings. The van der Waals surface area contributed by atoms with Crippen molar-refractivity contribution in [3.63, 3.8) is 0 Å². The van der Waals surface area contributed by atoms with Crippen LogP contribution in [-0.2, 0) is 0 Å². The molecule has 0 aromatic carbocycles. The Labute approximate surface area is 69.8 Å². The third-order valence-electron chi connectivity index (χ3n) is 1.54. The molecule has 50 valence electrons. The van der Waals surface area contributed by atoms with Gasteiger partial charge in [-0.2, -0.15) is 0 Å². The molecule has 0 bridgehead atoms. The monoisotopic (exact) mass is 212 g/mol. The molecule has 1 unspecified atom stereocenters. The summed E-state index contributed by atoms with van der Waals surface area (Å²) in [5, 5.41) is 1.45. The van der Waals surface area contributed by atoms with Gasteiger partial charge in [0.1, 0.15) is 0 Å². The van der Waals surface area contributed by atoms with Crippen molar-refractivity contribution in [1.82, 2.24) is 0 Å². The maximum atomic E-state index is 3.50. The van der Waals surface area contributed by atoms with Crippen LogP contribution in [0.15, 0.2) is 34.5 Å². The predicted molar refractivity (Wildman–Crippen MR) is 50.3 cm³/mol. The molecule has 0 aromatic heterocycles. The van der Waals surface area contributed by atoms with Gasteiger partial charge in [0.25, 0.3) is 0 Å². The van der Waals surface area contributed by atoms with Crippen LogP contribution in [0.2, 0.25) is 0 Å². The van der Waals surface area contributed by atoms with Gasteiger partial charge < -0.3 is 0 Å². The highest BCUT2D eigenvalue weighted by Crippen LogP contribution is 2.36. The van der Waals surface area contributed by atoms with Crippen molar-refractivity contribution < 1.29 is 0 Å². The molecule has 2 heteroatoms. The Morgan fingerprint density at radius 2 is 2.10 bits per heavy atom. The van der Waals surface area contributed by atoms with E-state index < -0.39 is 0 Å². The van der Waals surface area contributed by atoms with Gasteiger partial charge in [0, 0.05) is 4.47 Å². The van der Waals surface area contributed by atoms with Crippen LogP contribution in [-0.4, -0.2) is 0 Å². The average molecular weight is 213 g/mol. The summed E-state index contributed by atoms with van der Waals surface area (Å²) < 4.78 is 1.21. The fraction of sp³-hybridized carbons (Fsp3) is 0. The Balaban J connectivity index is 2.80. The van der Waals surface area contributed by atoms with Gasteiger partial charge in [-0.1, -0.05) is 34.1 Å². The number of rotatable bonds is 0. The lowest BCUT2D eigenvalue weighted by Crippen LogP contribution is -1.67. The lowest BCUT2D eigenvalue weighted by molar-refractivity contribution is 1.76. The highest BCUT2D eigenvalue weighted by Gasteiger charge is 2.02. The van der Waals surface area contributed by atoms with Crippen LogP contribution in [0.5, 0.6) is 0 Å². The summed E-state index contributed by atoms with van der Waals surface area (Å²) in [5.74, 6) is 2.20. The van der Waals surface area contributed by atoms with Gasteiger partial charge in [0.2, 0.25) is 0 Å². The van der Waals surface area contributed by atoms with E-state index in [1.54, 1.807) is 0 Å².